The van der Waals surface area contributed by atoms with Crippen LogP contribution in [-0.2, 0) is 13.0 Å². The van der Waals surface area contributed by atoms with Gasteiger partial charge in [-0.05, 0) is 54.0 Å². The van der Waals surface area contributed by atoms with Gasteiger partial charge in [-0.25, -0.2) is 4.98 Å². The van der Waals surface area contributed by atoms with Crippen molar-refractivity contribution in [1.29, 1.82) is 0 Å². The molecule has 0 saturated heterocycles. The van der Waals surface area contributed by atoms with Gasteiger partial charge in [-0.3, -0.25) is 14.2 Å². The summed E-state index contributed by atoms with van der Waals surface area (Å²) in [4.78, 5) is 30.6. The Labute approximate surface area is 215 Å². The number of hydrogen-bond acceptors (Lipinski definition) is 9. The number of carbonyl (C=O) groups excluding carboxylic acids is 1. The van der Waals surface area contributed by atoms with Crippen LogP contribution in [0.2, 0.25) is 5.02 Å². The Morgan fingerprint density at radius 1 is 1.08 bits per heavy atom. The Morgan fingerprint density at radius 2 is 1.86 bits per heavy atom. The number of halogens is 1. The second kappa shape index (κ2) is 10.5. The first-order valence-electron chi connectivity index (χ1n) is 11.2. The molecule has 5 aromatic rings. The van der Waals surface area contributed by atoms with Gasteiger partial charge in [-0.15, -0.1) is 0 Å². The summed E-state index contributed by atoms with van der Waals surface area (Å²) in [5.41, 5.74) is 1.55. The number of benzene rings is 2. The van der Waals surface area contributed by atoms with Crippen LogP contribution in [0.4, 0.5) is 11.6 Å². The fourth-order valence-corrected chi connectivity index (χ4v) is 3.67. The highest BCUT2D eigenvalue weighted by atomic mass is 35.5. The third-order valence-electron chi connectivity index (χ3n) is 5.38. The number of anilines is 2. The normalized spacial score (nSPS) is 10.9. The number of rotatable bonds is 9. The predicted octanol–water partition coefficient (Wildman–Crippen LogP) is 5.19. The summed E-state index contributed by atoms with van der Waals surface area (Å²) in [7, 11) is 0. The minimum atomic E-state index is -0.355. The topological polar surface area (TPSA) is 125 Å². The summed E-state index contributed by atoms with van der Waals surface area (Å²) in [5, 5.41) is 11.2. The number of Topliss-reactive ketones (excluding diaryl/α,β-unsaturated/α-hetero) is 1. The maximum atomic E-state index is 13.5. The van der Waals surface area contributed by atoms with Crippen molar-refractivity contribution in [2.75, 3.05) is 5.32 Å². The van der Waals surface area contributed by atoms with E-state index in [1.54, 1.807) is 49.4 Å². The monoisotopic (exact) mass is 517 g/mol. The van der Waals surface area contributed by atoms with Crippen LogP contribution in [0.1, 0.15) is 27.4 Å². The van der Waals surface area contributed by atoms with Crippen LogP contribution in [0, 0.1) is 6.92 Å². The first-order chi connectivity index (χ1) is 17.9. The average Bonchev–Trinajstić information content (AvgIpc) is 3.57. The van der Waals surface area contributed by atoms with E-state index in [4.69, 9.17) is 25.4 Å². The van der Waals surface area contributed by atoms with Crippen molar-refractivity contribution in [2.24, 2.45) is 0 Å². The molecule has 5 rings (SSSR count). The Balaban J connectivity index is 1.42. The first kappa shape index (κ1) is 24.0. The van der Waals surface area contributed by atoms with Gasteiger partial charge >= 0.3 is 0 Å². The molecule has 10 nitrogen and oxygen atoms in total. The number of aromatic nitrogens is 4. The van der Waals surface area contributed by atoms with E-state index in [1.807, 2.05) is 12.1 Å². The molecular formula is C26H20ClN5O5. The molecule has 0 fully saturated rings. The van der Waals surface area contributed by atoms with E-state index in [2.05, 4.69) is 20.6 Å². The van der Waals surface area contributed by atoms with Crippen molar-refractivity contribution in [2.45, 2.75) is 19.9 Å². The van der Waals surface area contributed by atoms with Crippen LogP contribution in [0.3, 0.4) is 0 Å². The molecule has 1 N–H and O–H groups in total. The van der Waals surface area contributed by atoms with Gasteiger partial charge in [0, 0.05) is 41.0 Å². The quantitative estimate of drug-likeness (QED) is 0.263. The van der Waals surface area contributed by atoms with E-state index < -0.39 is 0 Å². The summed E-state index contributed by atoms with van der Waals surface area (Å²) in [6.07, 6.45) is 2.66. The Hall–Kier alpha value is -4.70. The van der Waals surface area contributed by atoms with E-state index in [-0.39, 0.29) is 35.6 Å². The number of hydrogen-bond donors (Lipinski definition) is 1. The molecule has 0 atom stereocenters. The fourth-order valence-electron chi connectivity index (χ4n) is 3.55. The molecule has 0 saturated carbocycles. The lowest BCUT2D eigenvalue weighted by Gasteiger charge is -2.15. The molecule has 0 radical (unpaired) electrons. The molecule has 0 amide bonds. The summed E-state index contributed by atoms with van der Waals surface area (Å²) in [6, 6.07) is 17.3. The van der Waals surface area contributed by atoms with Crippen molar-refractivity contribution in [3.63, 3.8) is 0 Å². The van der Waals surface area contributed by atoms with Gasteiger partial charge in [0.1, 0.15) is 23.5 Å². The van der Waals surface area contributed by atoms with E-state index in [0.29, 0.717) is 34.0 Å². The number of aryl methyl sites for hydroxylation is 1. The molecular weight excluding hydrogens is 498 g/mol. The van der Waals surface area contributed by atoms with Gasteiger partial charge in [0.15, 0.2) is 5.78 Å². The van der Waals surface area contributed by atoms with Crippen LogP contribution in [-0.4, -0.2) is 25.6 Å². The van der Waals surface area contributed by atoms with Crippen LogP contribution >= 0.6 is 11.6 Å². The molecule has 0 aliphatic rings. The van der Waals surface area contributed by atoms with Crippen molar-refractivity contribution in [3.05, 3.63) is 111 Å². The van der Waals surface area contributed by atoms with Gasteiger partial charge in [0.25, 0.3) is 11.4 Å². The molecule has 3 heterocycles. The highest BCUT2D eigenvalue weighted by Gasteiger charge is 2.18. The van der Waals surface area contributed by atoms with E-state index in [1.165, 1.54) is 23.1 Å². The van der Waals surface area contributed by atoms with Gasteiger partial charge in [-0.1, -0.05) is 28.9 Å². The summed E-state index contributed by atoms with van der Waals surface area (Å²) >= 11 is 6.02. The molecule has 3 aromatic heterocycles. The zero-order valence-corrected chi connectivity index (χ0v) is 20.3. The third-order valence-corrected chi connectivity index (χ3v) is 5.64. The van der Waals surface area contributed by atoms with Gasteiger partial charge in [0.05, 0.1) is 6.54 Å². The third kappa shape index (κ3) is 5.76. The molecule has 0 aliphatic heterocycles. The number of carbonyl (C=O) groups is 1. The molecule has 186 valence electrons. The summed E-state index contributed by atoms with van der Waals surface area (Å²) < 4.78 is 16.8. The van der Waals surface area contributed by atoms with Crippen LogP contribution in [0.5, 0.6) is 11.6 Å². The number of nitrogens with zero attached hydrogens (tertiary/aromatic N) is 4. The van der Waals surface area contributed by atoms with Crippen molar-refractivity contribution >= 4 is 29.0 Å². The molecule has 0 spiro atoms. The number of nitrogens with one attached hydrogen (secondary N) is 1. The van der Waals surface area contributed by atoms with Gasteiger partial charge in [-0.2, -0.15) is 0 Å². The lowest BCUT2D eigenvalue weighted by Crippen LogP contribution is -2.28. The molecule has 37 heavy (non-hydrogen) atoms. The number of ether oxygens (including phenoxy) is 1. The van der Waals surface area contributed by atoms with Crippen LogP contribution in [0.15, 0.2) is 87.0 Å². The Morgan fingerprint density at radius 3 is 2.54 bits per heavy atom. The molecule has 11 heteroatoms. The highest BCUT2D eigenvalue weighted by molar-refractivity contribution is 6.30. The maximum absolute atomic E-state index is 13.5. The molecule has 0 unspecified atom stereocenters. The minimum Gasteiger partial charge on any atom is -0.436 e. The first-order valence-corrected chi connectivity index (χ1v) is 11.6. The smallest absolute Gasteiger partial charge is 0.259 e. The lowest BCUT2D eigenvalue weighted by atomic mass is 10.1. The number of ketones is 1. The minimum absolute atomic E-state index is 0.160. The standard InChI is InChI=1S/C26H20ClN5O5/c1-16-12-22(30-37-16)23(33)13-18-14-28-26(32(25(18)34)15-17-2-4-19(27)5-3-17)29-20-6-8-21(9-7-20)36-24-10-11-35-31-24/h2-12,14H,13,15H2,1H3,(H,28,29). The van der Waals surface area contributed by atoms with Crippen molar-refractivity contribution < 1.29 is 18.6 Å². The fraction of sp³-hybridized carbons (Fsp3) is 0.115. The Bertz CT molecular complexity index is 1580. The maximum Gasteiger partial charge on any atom is 0.259 e. The SMILES string of the molecule is Cc1cc(C(=O)Cc2cnc(Nc3ccc(Oc4ccon4)cc3)n(Cc3ccc(Cl)cc3)c2=O)no1. The largest absolute Gasteiger partial charge is 0.436 e. The predicted molar refractivity (Wildman–Crippen MR) is 135 cm³/mol. The summed E-state index contributed by atoms with van der Waals surface area (Å²) in [6.45, 7) is 1.90. The van der Waals surface area contributed by atoms with Crippen LogP contribution in [0.25, 0.3) is 0 Å². The zero-order chi connectivity index (χ0) is 25.8. The Kier molecular flexibility index (Phi) is 6.82. The van der Waals surface area contributed by atoms with Crippen molar-refractivity contribution in [3.8, 4) is 11.6 Å². The van der Waals surface area contributed by atoms with Crippen molar-refractivity contribution in [1.82, 2.24) is 19.9 Å². The van der Waals surface area contributed by atoms with Gasteiger partial charge < -0.3 is 19.1 Å². The van der Waals surface area contributed by atoms with Crippen LogP contribution < -0.4 is 15.6 Å². The second-order valence-corrected chi connectivity index (χ2v) is 8.57. The molecule has 2 aromatic carbocycles. The second-order valence-electron chi connectivity index (χ2n) is 8.14. The lowest BCUT2D eigenvalue weighted by molar-refractivity contribution is 0.0983. The summed E-state index contributed by atoms with van der Waals surface area (Å²) in [5.74, 6) is 1.38. The van der Waals surface area contributed by atoms with E-state index in [9.17, 15) is 9.59 Å². The van der Waals surface area contributed by atoms with E-state index in [0.717, 1.165) is 5.56 Å². The molecule has 0 aliphatic carbocycles. The molecule has 0 bridgehead atoms. The highest BCUT2D eigenvalue weighted by Crippen LogP contribution is 2.23. The van der Waals surface area contributed by atoms with E-state index >= 15 is 0 Å². The average molecular weight is 518 g/mol. The van der Waals surface area contributed by atoms with Gasteiger partial charge in [0.2, 0.25) is 5.95 Å². The zero-order valence-electron chi connectivity index (χ0n) is 19.6.